The van der Waals surface area contributed by atoms with E-state index in [1.54, 1.807) is 30.3 Å². The number of rotatable bonds is 4. The van der Waals surface area contributed by atoms with Crippen LogP contribution in [0.1, 0.15) is 15.9 Å². The van der Waals surface area contributed by atoms with Crippen LogP contribution in [-0.4, -0.2) is 22.2 Å². The van der Waals surface area contributed by atoms with Crippen molar-refractivity contribution in [1.82, 2.24) is 5.43 Å². The summed E-state index contributed by atoms with van der Waals surface area (Å²) in [5.74, 6) is -0.814. The zero-order valence-electron chi connectivity index (χ0n) is 10.8. The van der Waals surface area contributed by atoms with Gasteiger partial charge in [0, 0.05) is 17.2 Å². The molecule has 0 aliphatic carbocycles. The first-order chi connectivity index (χ1) is 10.1. The number of hydrogen-bond donors (Lipinski definition) is 2. The Hall–Kier alpha value is -3.22. The van der Waals surface area contributed by atoms with E-state index in [1.165, 1.54) is 18.3 Å². The molecule has 0 saturated carbocycles. The van der Waals surface area contributed by atoms with Gasteiger partial charge in [0.1, 0.15) is 0 Å². The Morgan fingerprint density at radius 3 is 2.62 bits per heavy atom. The van der Waals surface area contributed by atoms with Gasteiger partial charge in [-0.05, 0) is 24.3 Å². The molecule has 0 spiro atoms. The molecule has 0 atom stereocenters. The van der Waals surface area contributed by atoms with Crippen molar-refractivity contribution in [2.24, 2.45) is 5.10 Å². The van der Waals surface area contributed by atoms with Gasteiger partial charge in [-0.3, -0.25) is 14.9 Å². The second-order valence-electron chi connectivity index (χ2n) is 4.07. The highest BCUT2D eigenvalue weighted by atomic mass is 16.6. The van der Waals surface area contributed by atoms with Gasteiger partial charge in [-0.1, -0.05) is 18.2 Å². The average molecular weight is 285 g/mol. The number of nitro benzene ring substituents is 1. The highest BCUT2D eigenvalue weighted by molar-refractivity contribution is 5.94. The summed E-state index contributed by atoms with van der Waals surface area (Å²) in [4.78, 5) is 21.7. The topological polar surface area (TPSA) is 105 Å². The zero-order valence-corrected chi connectivity index (χ0v) is 10.8. The van der Waals surface area contributed by atoms with E-state index in [0.717, 1.165) is 6.07 Å². The number of amides is 1. The van der Waals surface area contributed by atoms with Gasteiger partial charge in [-0.15, -0.1) is 0 Å². The number of phenols is 1. The van der Waals surface area contributed by atoms with Gasteiger partial charge >= 0.3 is 5.69 Å². The van der Waals surface area contributed by atoms with Crippen molar-refractivity contribution in [1.29, 1.82) is 0 Å². The van der Waals surface area contributed by atoms with E-state index in [-0.39, 0.29) is 5.91 Å². The average Bonchev–Trinajstić information content (AvgIpc) is 2.49. The summed E-state index contributed by atoms with van der Waals surface area (Å²) < 4.78 is 0. The summed E-state index contributed by atoms with van der Waals surface area (Å²) in [6.07, 6.45) is 1.26. The molecule has 21 heavy (non-hydrogen) atoms. The van der Waals surface area contributed by atoms with Crippen molar-refractivity contribution < 1.29 is 14.8 Å². The summed E-state index contributed by atoms with van der Waals surface area (Å²) in [6, 6.07) is 12.3. The molecule has 1 amide bonds. The molecular weight excluding hydrogens is 274 g/mol. The van der Waals surface area contributed by atoms with Crippen LogP contribution in [0.3, 0.4) is 0 Å². The van der Waals surface area contributed by atoms with E-state index < -0.39 is 16.4 Å². The Balaban J connectivity index is 2.07. The Bertz CT molecular complexity index is 699. The van der Waals surface area contributed by atoms with Gasteiger partial charge in [-0.2, -0.15) is 5.10 Å². The molecule has 2 aromatic carbocycles. The highest BCUT2D eigenvalue weighted by Crippen LogP contribution is 2.25. The third-order valence-electron chi connectivity index (χ3n) is 2.61. The molecule has 0 bridgehead atoms. The molecule has 7 nitrogen and oxygen atoms in total. The van der Waals surface area contributed by atoms with Crippen LogP contribution in [0.2, 0.25) is 0 Å². The number of carbonyl (C=O) groups excluding carboxylic acids is 1. The number of hydrazone groups is 1. The Morgan fingerprint density at radius 2 is 1.95 bits per heavy atom. The van der Waals surface area contributed by atoms with Crippen molar-refractivity contribution in [2.75, 3.05) is 0 Å². The minimum atomic E-state index is -0.699. The van der Waals surface area contributed by atoms with Gasteiger partial charge < -0.3 is 5.11 Å². The van der Waals surface area contributed by atoms with Crippen LogP contribution in [0.5, 0.6) is 5.75 Å². The van der Waals surface area contributed by atoms with Crippen molar-refractivity contribution in [2.45, 2.75) is 0 Å². The van der Waals surface area contributed by atoms with Crippen molar-refractivity contribution in [3.05, 3.63) is 69.8 Å². The van der Waals surface area contributed by atoms with Crippen LogP contribution >= 0.6 is 0 Å². The first-order valence-electron chi connectivity index (χ1n) is 5.94. The first-order valence-corrected chi connectivity index (χ1v) is 5.94. The molecule has 2 N–H and O–H groups in total. The molecule has 0 aliphatic heterocycles. The number of carbonyl (C=O) groups is 1. The SMILES string of the molecule is O=C(N/N=C/c1ccc(O)c([N+](=O)[O-])c1)c1ccccc1. The monoisotopic (exact) mass is 285 g/mol. The van der Waals surface area contributed by atoms with E-state index in [2.05, 4.69) is 10.5 Å². The smallest absolute Gasteiger partial charge is 0.311 e. The lowest BCUT2D eigenvalue weighted by Gasteiger charge is -1.99. The number of benzene rings is 2. The third kappa shape index (κ3) is 3.63. The van der Waals surface area contributed by atoms with Crippen LogP contribution < -0.4 is 5.43 Å². The fourth-order valence-electron chi connectivity index (χ4n) is 1.59. The molecule has 7 heteroatoms. The molecule has 0 unspecified atom stereocenters. The van der Waals surface area contributed by atoms with Gasteiger partial charge in [0.2, 0.25) is 0 Å². The Kier molecular flexibility index (Phi) is 4.25. The molecule has 0 aromatic heterocycles. The fourth-order valence-corrected chi connectivity index (χ4v) is 1.59. The predicted molar refractivity (Wildman–Crippen MR) is 76.3 cm³/mol. The van der Waals surface area contributed by atoms with Crippen LogP contribution in [-0.2, 0) is 0 Å². The van der Waals surface area contributed by atoms with Crippen molar-refractivity contribution >= 4 is 17.8 Å². The van der Waals surface area contributed by atoms with Gasteiger partial charge in [-0.25, -0.2) is 5.43 Å². The largest absolute Gasteiger partial charge is 0.502 e. The maximum absolute atomic E-state index is 11.7. The summed E-state index contributed by atoms with van der Waals surface area (Å²) in [5.41, 5.74) is 2.72. The number of nitro groups is 1. The Morgan fingerprint density at radius 1 is 1.24 bits per heavy atom. The lowest BCUT2D eigenvalue weighted by molar-refractivity contribution is -0.385. The van der Waals surface area contributed by atoms with Gasteiger partial charge in [0.05, 0.1) is 11.1 Å². The molecule has 0 radical (unpaired) electrons. The molecular formula is C14H11N3O4. The van der Waals surface area contributed by atoms with Gasteiger partial charge in [0.25, 0.3) is 5.91 Å². The standard InChI is InChI=1S/C14H11N3O4/c18-13-7-6-10(8-12(13)17(20)21)9-15-16-14(19)11-4-2-1-3-5-11/h1-9,18H,(H,16,19)/b15-9+. The highest BCUT2D eigenvalue weighted by Gasteiger charge is 2.12. The molecule has 2 rings (SSSR count). The second-order valence-corrected chi connectivity index (χ2v) is 4.07. The molecule has 2 aromatic rings. The lowest BCUT2D eigenvalue weighted by Crippen LogP contribution is -2.17. The molecule has 0 aliphatic rings. The normalized spacial score (nSPS) is 10.5. The third-order valence-corrected chi connectivity index (χ3v) is 2.61. The van der Waals surface area contributed by atoms with Crippen molar-refractivity contribution in [3.63, 3.8) is 0 Å². The summed E-state index contributed by atoms with van der Waals surface area (Å²) in [7, 11) is 0. The van der Waals surface area contributed by atoms with Crippen LogP contribution in [0.15, 0.2) is 53.6 Å². The maximum atomic E-state index is 11.7. The predicted octanol–water partition coefficient (Wildman–Crippen LogP) is 2.06. The number of nitrogens with one attached hydrogen (secondary N) is 1. The van der Waals surface area contributed by atoms with Gasteiger partial charge in [0.15, 0.2) is 5.75 Å². The van der Waals surface area contributed by atoms with E-state index >= 15 is 0 Å². The van der Waals surface area contributed by atoms with E-state index in [0.29, 0.717) is 11.1 Å². The van der Waals surface area contributed by atoms with Crippen LogP contribution in [0.25, 0.3) is 0 Å². The van der Waals surface area contributed by atoms with Crippen molar-refractivity contribution in [3.8, 4) is 5.75 Å². The number of aromatic hydroxyl groups is 1. The minimum absolute atomic E-state index is 0.382. The molecule has 0 heterocycles. The molecule has 0 fully saturated rings. The van der Waals surface area contributed by atoms with E-state index in [9.17, 15) is 20.0 Å². The lowest BCUT2D eigenvalue weighted by atomic mass is 10.2. The van der Waals surface area contributed by atoms with Crippen LogP contribution in [0, 0.1) is 10.1 Å². The van der Waals surface area contributed by atoms with Crippen LogP contribution in [0.4, 0.5) is 5.69 Å². The minimum Gasteiger partial charge on any atom is -0.502 e. The number of hydrogen-bond acceptors (Lipinski definition) is 5. The summed E-state index contributed by atoms with van der Waals surface area (Å²) in [5, 5.41) is 23.7. The second kappa shape index (κ2) is 6.29. The zero-order chi connectivity index (χ0) is 15.2. The quantitative estimate of drug-likeness (QED) is 0.509. The number of phenolic OH excluding ortho intramolecular Hbond substituents is 1. The Labute approximate surface area is 119 Å². The fraction of sp³-hybridized carbons (Fsp3) is 0. The maximum Gasteiger partial charge on any atom is 0.311 e. The molecule has 106 valence electrons. The first kappa shape index (κ1) is 14.2. The number of nitrogens with zero attached hydrogens (tertiary/aromatic N) is 2. The molecule has 0 saturated heterocycles. The van der Waals surface area contributed by atoms with E-state index in [1.807, 2.05) is 0 Å². The van der Waals surface area contributed by atoms with E-state index in [4.69, 9.17) is 0 Å². The summed E-state index contributed by atoms with van der Waals surface area (Å²) >= 11 is 0. The summed E-state index contributed by atoms with van der Waals surface area (Å²) in [6.45, 7) is 0.